The first-order chi connectivity index (χ1) is 9.99. The molecule has 3 N–H and O–H groups in total. The van der Waals surface area contributed by atoms with E-state index in [2.05, 4.69) is 22.5 Å². The van der Waals surface area contributed by atoms with E-state index in [0.29, 0.717) is 18.9 Å². The first-order valence-electron chi connectivity index (χ1n) is 8.38. The second kappa shape index (κ2) is 9.26. The smallest absolute Gasteiger partial charge is 0.315 e. The summed E-state index contributed by atoms with van der Waals surface area (Å²) in [6, 6.07) is -0.127. The fraction of sp³-hybridized carbons (Fsp3) is 0.938. The van der Waals surface area contributed by atoms with Crippen molar-refractivity contribution in [1.82, 2.24) is 15.5 Å². The molecular weight excluding hydrogens is 266 g/mol. The van der Waals surface area contributed by atoms with Crippen molar-refractivity contribution in [2.75, 3.05) is 32.8 Å². The van der Waals surface area contributed by atoms with Crippen molar-refractivity contribution < 1.29 is 9.90 Å². The lowest BCUT2D eigenvalue weighted by atomic mass is 9.95. The minimum Gasteiger partial charge on any atom is -0.396 e. The lowest BCUT2D eigenvalue weighted by Gasteiger charge is -2.31. The van der Waals surface area contributed by atoms with Gasteiger partial charge in [-0.3, -0.25) is 0 Å². The Hall–Kier alpha value is -0.810. The van der Waals surface area contributed by atoms with Crippen LogP contribution in [0.4, 0.5) is 4.79 Å². The number of hydrogen-bond acceptors (Lipinski definition) is 3. The highest BCUT2D eigenvalue weighted by molar-refractivity contribution is 5.74. The van der Waals surface area contributed by atoms with Crippen LogP contribution in [0.25, 0.3) is 0 Å². The molecule has 2 unspecified atom stereocenters. The molecule has 2 amide bonds. The molecule has 0 spiro atoms. The normalized spacial score (nSPS) is 20.6. The maximum atomic E-state index is 12.0. The van der Waals surface area contributed by atoms with Crippen LogP contribution in [0.3, 0.4) is 0 Å². The van der Waals surface area contributed by atoms with E-state index < -0.39 is 0 Å². The average molecular weight is 299 g/mol. The summed E-state index contributed by atoms with van der Waals surface area (Å²) in [4.78, 5) is 14.5. The lowest BCUT2D eigenvalue weighted by molar-refractivity contribution is 0.189. The molecule has 5 heteroatoms. The summed E-state index contributed by atoms with van der Waals surface area (Å²) in [6.45, 7) is 10.4. The van der Waals surface area contributed by atoms with Crippen molar-refractivity contribution in [3.63, 3.8) is 0 Å². The van der Waals surface area contributed by atoms with E-state index in [-0.39, 0.29) is 18.2 Å². The molecule has 0 aromatic heterocycles. The van der Waals surface area contributed by atoms with Gasteiger partial charge < -0.3 is 20.6 Å². The van der Waals surface area contributed by atoms with Gasteiger partial charge in [0.1, 0.15) is 0 Å². The first kappa shape index (κ1) is 18.2. The fourth-order valence-corrected chi connectivity index (χ4v) is 2.81. The van der Waals surface area contributed by atoms with E-state index in [0.717, 1.165) is 13.0 Å². The van der Waals surface area contributed by atoms with Crippen LogP contribution in [-0.2, 0) is 0 Å². The SMILES string of the molecule is CCC(C)(CCO)NC(=O)NCC(C)CN1CCCCC1. The summed E-state index contributed by atoms with van der Waals surface area (Å²) in [5.41, 5.74) is -0.324. The molecule has 5 nitrogen and oxygen atoms in total. The van der Waals surface area contributed by atoms with Crippen LogP contribution in [0.2, 0.25) is 0 Å². The molecule has 0 bridgehead atoms. The van der Waals surface area contributed by atoms with E-state index in [1.807, 2.05) is 13.8 Å². The van der Waals surface area contributed by atoms with Crippen LogP contribution >= 0.6 is 0 Å². The van der Waals surface area contributed by atoms with E-state index in [9.17, 15) is 4.79 Å². The van der Waals surface area contributed by atoms with Crippen LogP contribution in [0.15, 0.2) is 0 Å². The van der Waals surface area contributed by atoms with Crippen LogP contribution < -0.4 is 10.6 Å². The maximum absolute atomic E-state index is 12.0. The van der Waals surface area contributed by atoms with Crippen molar-refractivity contribution in [3.05, 3.63) is 0 Å². The quantitative estimate of drug-likeness (QED) is 0.642. The monoisotopic (exact) mass is 299 g/mol. The van der Waals surface area contributed by atoms with E-state index in [4.69, 9.17) is 5.11 Å². The number of carbonyl (C=O) groups is 1. The summed E-state index contributed by atoms with van der Waals surface area (Å²) in [5.74, 6) is 0.458. The molecule has 1 heterocycles. The number of carbonyl (C=O) groups excluding carboxylic acids is 1. The standard InChI is InChI=1S/C16H33N3O2/c1-4-16(3,8-11-20)18-15(21)17-12-14(2)13-19-9-6-5-7-10-19/h14,20H,4-13H2,1-3H3,(H2,17,18,21). The Morgan fingerprint density at radius 1 is 1.33 bits per heavy atom. The zero-order valence-corrected chi connectivity index (χ0v) is 14.0. The van der Waals surface area contributed by atoms with Crippen molar-refractivity contribution in [1.29, 1.82) is 0 Å². The Balaban J connectivity index is 2.24. The third kappa shape index (κ3) is 7.14. The second-order valence-corrected chi connectivity index (χ2v) is 6.69. The highest BCUT2D eigenvalue weighted by Crippen LogP contribution is 2.13. The molecular formula is C16H33N3O2. The first-order valence-corrected chi connectivity index (χ1v) is 8.38. The molecule has 21 heavy (non-hydrogen) atoms. The van der Waals surface area contributed by atoms with Crippen molar-refractivity contribution in [3.8, 4) is 0 Å². The Morgan fingerprint density at radius 2 is 2.00 bits per heavy atom. The van der Waals surface area contributed by atoms with Crippen molar-refractivity contribution >= 4 is 6.03 Å². The van der Waals surface area contributed by atoms with Gasteiger partial charge in [0.25, 0.3) is 0 Å². The molecule has 0 aromatic carbocycles. The highest BCUT2D eigenvalue weighted by Gasteiger charge is 2.23. The summed E-state index contributed by atoms with van der Waals surface area (Å²) in [6.07, 6.45) is 5.35. The number of hydrogen-bond donors (Lipinski definition) is 3. The molecule has 0 saturated carbocycles. The van der Waals surface area contributed by atoms with Gasteiger partial charge in [0, 0.05) is 25.2 Å². The number of amides is 2. The summed E-state index contributed by atoms with van der Waals surface area (Å²) in [7, 11) is 0. The molecule has 1 saturated heterocycles. The number of rotatable bonds is 8. The van der Waals surface area contributed by atoms with E-state index >= 15 is 0 Å². The molecule has 1 aliphatic heterocycles. The average Bonchev–Trinajstić information content (AvgIpc) is 2.46. The lowest BCUT2D eigenvalue weighted by Crippen LogP contribution is -2.51. The van der Waals surface area contributed by atoms with Gasteiger partial charge in [-0.25, -0.2) is 4.79 Å². The van der Waals surface area contributed by atoms with Crippen LogP contribution in [-0.4, -0.2) is 54.4 Å². The summed E-state index contributed by atoms with van der Waals surface area (Å²) in [5, 5.41) is 15.0. The molecule has 0 aliphatic carbocycles. The van der Waals surface area contributed by atoms with Gasteiger partial charge in [0.05, 0.1) is 0 Å². The molecule has 2 atom stereocenters. The molecule has 0 aromatic rings. The number of aliphatic hydroxyl groups is 1. The van der Waals surface area contributed by atoms with Gasteiger partial charge in [0.2, 0.25) is 0 Å². The van der Waals surface area contributed by atoms with Crippen molar-refractivity contribution in [2.45, 2.75) is 58.4 Å². The van der Waals surface area contributed by atoms with Gasteiger partial charge in [-0.05, 0) is 51.6 Å². The van der Waals surface area contributed by atoms with E-state index in [1.165, 1.54) is 32.4 Å². The van der Waals surface area contributed by atoms with Gasteiger partial charge in [0.15, 0.2) is 0 Å². The minimum absolute atomic E-state index is 0.0932. The predicted octanol–water partition coefficient (Wildman–Crippen LogP) is 1.96. The van der Waals surface area contributed by atoms with Gasteiger partial charge >= 0.3 is 6.03 Å². The third-order valence-electron chi connectivity index (χ3n) is 4.49. The van der Waals surface area contributed by atoms with E-state index in [1.54, 1.807) is 0 Å². The summed E-state index contributed by atoms with van der Waals surface area (Å²) < 4.78 is 0. The number of aliphatic hydroxyl groups excluding tert-OH is 1. The number of piperidine rings is 1. The Kier molecular flexibility index (Phi) is 8.04. The van der Waals surface area contributed by atoms with Gasteiger partial charge in [-0.2, -0.15) is 0 Å². The predicted molar refractivity (Wildman–Crippen MR) is 86.4 cm³/mol. The number of likely N-dealkylation sites (tertiary alicyclic amines) is 1. The molecule has 0 radical (unpaired) electrons. The maximum Gasteiger partial charge on any atom is 0.315 e. The van der Waals surface area contributed by atoms with Crippen LogP contribution in [0.5, 0.6) is 0 Å². The Labute approximate surface area is 129 Å². The zero-order chi connectivity index (χ0) is 15.7. The Bertz CT molecular complexity index is 306. The minimum atomic E-state index is -0.324. The Morgan fingerprint density at radius 3 is 2.57 bits per heavy atom. The molecule has 124 valence electrons. The number of nitrogens with one attached hydrogen (secondary N) is 2. The van der Waals surface area contributed by atoms with Crippen LogP contribution in [0, 0.1) is 5.92 Å². The van der Waals surface area contributed by atoms with Gasteiger partial charge in [-0.15, -0.1) is 0 Å². The number of urea groups is 1. The van der Waals surface area contributed by atoms with Gasteiger partial charge in [-0.1, -0.05) is 20.3 Å². The molecule has 1 fully saturated rings. The number of nitrogens with zero attached hydrogens (tertiary/aromatic N) is 1. The highest BCUT2D eigenvalue weighted by atomic mass is 16.3. The van der Waals surface area contributed by atoms with Crippen LogP contribution in [0.1, 0.15) is 52.9 Å². The third-order valence-corrected chi connectivity index (χ3v) is 4.49. The summed E-state index contributed by atoms with van der Waals surface area (Å²) >= 11 is 0. The largest absolute Gasteiger partial charge is 0.396 e. The second-order valence-electron chi connectivity index (χ2n) is 6.69. The fourth-order valence-electron chi connectivity index (χ4n) is 2.81. The van der Waals surface area contributed by atoms with Crippen molar-refractivity contribution in [2.24, 2.45) is 5.92 Å². The zero-order valence-electron chi connectivity index (χ0n) is 14.0. The molecule has 1 aliphatic rings. The molecule has 1 rings (SSSR count). The topological polar surface area (TPSA) is 64.6 Å².